The Balaban J connectivity index is 3.03. The molecule has 12 heteroatoms. The molecule has 0 saturated heterocycles. The van der Waals surface area contributed by atoms with Crippen molar-refractivity contribution >= 4 is 41.4 Å². The van der Waals surface area contributed by atoms with E-state index in [0.717, 1.165) is 5.56 Å². The molecule has 0 aliphatic carbocycles. The van der Waals surface area contributed by atoms with Gasteiger partial charge in [-0.3, -0.25) is 24.0 Å². The molecule has 0 aromatic heterocycles. The molecule has 182 valence electrons. The van der Waals surface area contributed by atoms with Gasteiger partial charge in [-0.2, -0.15) is 11.8 Å². The van der Waals surface area contributed by atoms with Gasteiger partial charge in [-0.25, -0.2) is 0 Å². The van der Waals surface area contributed by atoms with Crippen LogP contribution >= 0.6 is 11.8 Å². The highest BCUT2D eigenvalue weighted by Gasteiger charge is 2.30. The normalized spacial score (nSPS) is 14.3. The van der Waals surface area contributed by atoms with Gasteiger partial charge < -0.3 is 31.9 Å². The van der Waals surface area contributed by atoms with Crippen LogP contribution in [0, 0.1) is 0 Å². The summed E-state index contributed by atoms with van der Waals surface area (Å²) in [5.74, 6) is -4.37. The predicted octanol–water partition coefficient (Wildman–Crippen LogP) is -0.657. The second-order valence-corrected chi connectivity index (χ2v) is 8.35. The first-order valence-corrected chi connectivity index (χ1v) is 11.6. The molecule has 0 fully saturated rings. The number of carbonyl (C=O) groups excluding carboxylic acids is 3. The number of nitrogens with two attached hydrogens (primary N) is 1. The van der Waals surface area contributed by atoms with E-state index in [-0.39, 0.29) is 6.42 Å². The van der Waals surface area contributed by atoms with E-state index in [2.05, 4.69) is 16.0 Å². The summed E-state index contributed by atoms with van der Waals surface area (Å²) in [5.41, 5.74) is 6.61. The molecule has 4 atom stereocenters. The number of carbonyl (C=O) groups is 5. The van der Waals surface area contributed by atoms with Crippen LogP contribution in [0.2, 0.25) is 0 Å². The van der Waals surface area contributed by atoms with Crippen molar-refractivity contribution in [1.82, 2.24) is 16.0 Å². The second kappa shape index (κ2) is 14.1. The molecule has 1 aromatic rings. The van der Waals surface area contributed by atoms with Crippen molar-refractivity contribution in [1.29, 1.82) is 0 Å². The van der Waals surface area contributed by atoms with Crippen LogP contribution in [0.5, 0.6) is 0 Å². The minimum atomic E-state index is -1.54. The highest BCUT2D eigenvalue weighted by molar-refractivity contribution is 7.98. The number of hydrogen-bond donors (Lipinski definition) is 6. The van der Waals surface area contributed by atoms with Gasteiger partial charge in [0, 0.05) is 6.42 Å². The summed E-state index contributed by atoms with van der Waals surface area (Å²) in [4.78, 5) is 60.1. The van der Waals surface area contributed by atoms with Gasteiger partial charge in [-0.1, -0.05) is 30.3 Å². The van der Waals surface area contributed by atoms with Gasteiger partial charge in [0.15, 0.2) is 0 Å². The first-order valence-electron chi connectivity index (χ1n) is 10.2. The average Bonchev–Trinajstić information content (AvgIpc) is 2.76. The largest absolute Gasteiger partial charge is 0.481 e. The zero-order valence-electron chi connectivity index (χ0n) is 18.4. The van der Waals surface area contributed by atoms with Crippen LogP contribution in [0.25, 0.3) is 0 Å². The summed E-state index contributed by atoms with van der Waals surface area (Å²) >= 11 is 1.52. The molecule has 0 aliphatic rings. The monoisotopic (exact) mass is 482 g/mol. The SMILES string of the molecule is CSCCC(N)C(=O)NC(Cc1ccccc1)C(=O)NC(CC(=O)O)C(=O)NC(C)C(=O)O. The summed E-state index contributed by atoms with van der Waals surface area (Å²) in [6, 6.07) is 3.96. The topological polar surface area (TPSA) is 188 Å². The van der Waals surface area contributed by atoms with Crippen molar-refractivity contribution in [3.8, 4) is 0 Å². The molecule has 0 spiro atoms. The van der Waals surface area contributed by atoms with Crippen LogP contribution < -0.4 is 21.7 Å². The van der Waals surface area contributed by atoms with E-state index in [1.807, 2.05) is 6.26 Å². The van der Waals surface area contributed by atoms with Crippen LogP contribution in [-0.2, 0) is 30.4 Å². The Kier molecular flexibility index (Phi) is 11.9. The highest BCUT2D eigenvalue weighted by atomic mass is 32.2. The Morgan fingerprint density at radius 3 is 2.06 bits per heavy atom. The summed E-state index contributed by atoms with van der Waals surface area (Å²) < 4.78 is 0. The summed E-state index contributed by atoms with van der Waals surface area (Å²) in [6.45, 7) is 1.20. The third kappa shape index (κ3) is 10.4. The number of carboxylic acids is 2. The number of nitrogens with one attached hydrogen (secondary N) is 3. The fraction of sp³-hybridized carbons (Fsp3) is 0.476. The Morgan fingerprint density at radius 2 is 1.52 bits per heavy atom. The summed E-state index contributed by atoms with van der Waals surface area (Å²) in [5, 5.41) is 25.1. The Labute approximate surface area is 195 Å². The molecule has 11 nitrogen and oxygen atoms in total. The number of rotatable bonds is 14. The number of aliphatic carboxylic acids is 2. The average molecular weight is 483 g/mol. The zero-order chi connectivity index (χ0) is 25.0. The number of benzene rings is 1. The molecule has 33 heavy (non-hydrogen) atoms. The van der Waals surface area contributed by atoms with E-state index in [0.29, 0.717) is 12.2 Å². The maximum atomic E-state index is 13.0. The summed E-state index contributed by atoms with van der Waals surface area (Å²) in [7, 11) is 0. The predicted molar refractivity (Wildman–Crippen MR) is 122 cm³/mol. The smallest absolute Gasteiger partial charge is 0.325 e. The van der Waals surface area contributed by atoms with Crippen LogP contribution in [0.1, 0.15) is 25.3 Å². The van der Waals surface area contributed by atoms with Crippen molar-refractivity contribution in [3.05, 3.63) is 35.9 Å². The number of carboxylic acid groups (broad SMARTS) is 2. The lowest BCUT2D eigenvalue weighted by Crippen LogP contribution is -2.57. The first kappa shape index (κ1) is 27.9. The molecule has 0 heterocycles. The second-order valence-electron chi connectivity index (χ2n) is 7.37. The molecule has 1 rings (SSSR count). The molecular weight excluding hydrogens is 452 g/mol. The molecule has 1 aromatic carbocycles. The zero-order valence-corrected chi connectivity index (χ0v) is 19.3. The maximum absolute atomic E-state index is 13.0. The van der Waals surface area contributed by atoms with Crippen LogP contribution in [0.3, 0.4) is 0 Å². The molecule has 0 bridgehead atoms. The standard InChI is InChI=1S/C21H30N4O7S/c1-12(21(31)32)23-19(29)16(11-17(26)27)25-20(30)15(10-13-6-4-3-5-7-13)24-18(28)14(22)8-9-33-2/h3-7,12,14-16H,8-11,22H2,1-2H3,(H,23,29)(H,24,28)(H,25,30)(H,26,27)(H,31,32). The van der Waals surface area contributed by atoms with Gasteiger partial charge in [0.1, 0.15) is 18.1 Å². The lowest BCUT2D eigenvalue weighted by molar-refractivity contribution is -0.143. The number of thioether (sulfide) groups is 1. The van der Waals surface area contributed by atoms with Crippen molar-refractivity contribution < 1.29 is 34.2 Å². The van der Waals surface area contributed by atoms with Gasteiger partial charge in [-0.15, -0.1) is 0 Å². The van der Waals surface area contributed by atoms with Gasteiger partial charge in [-0.05, 0) is 30.9 Å². The fourth-order valence-corrected chi connectivity index (χ4v) is 3.24. The van der Waals surface area contributed by atoms with E-state index in [9.17, 15) is 24.0 Å². The minimum Gasteiger partial charge on any atom is -0.481 e. The lowest BCUT2D eigenvalue weighted by atomic mass is 10.0. The van der Waals surface area contributed by atoms with E-state index < -0.39 is 60.2 Å². The van der Waals surface area contributed by atoms with Gasteiger partial charge >= 0.3 is 11.9 Å². The van der Waals surface area contributed by atoms with E-state index in [1.165, 1.54) is 18.7 Å². The van der Waals surface area contributed by atoms with Gasteiger partial charge in [0.2, 0.25) is 17.7 Å². The summed E-state index contributed by atoms with van der Waals surface area (Å²) in [6.07, 6.45) is 1.56. The molecular formula is C21H30N4O7S. The molecule has 7 N–H and O–H groups in total. The molecule has 0 radical (unpaired) electrons. The third-order valence-corrected chi connectivity index (χ3v) is 5.27. The first-order chi connectivity index (χ1) is 15.5. The highest BCUT2D eigenvalue weighted by Crippen LogP contribution is 2.06. The number of hydrogen-bond acceptors (Lipinski definition) is 7. The van der Waals surface area contributed by atoms with Crippen LogP contribution in [0.15, 0.2) is 30.3 Å². The van der Waals surface area contributed by atoms with E-state index in [1.54, 1.807) is 30.3 Å². The lowest BCUT2D eigenvalue weighted by Gasteiger charge is -2.24. The fourth-order valence-electron chi connectivity index (χ4n) is 2.75. The van der Waals surface area contributed by atoms with Gasteiger partial charge in [0.05, 0.1) is 12.5 Å². The van der Waals surface area contributed by atoms with Crippen molar-refractivity contribution in [2.75, 3.05) is 12.0 Å². The van der Waals surface area contributed by atoms with Crippen molar-refractivity contribution in [2.45, 2.75) is 50.4 Å². The Hall–Kier alpha value is -3.12. The van der Waals surface area contributed by atoms with E-state index in [4.69, 9.17) is 15.9 Å². The van der Waals surface area contributed by atoms with E-state index >= 15 is 0 Å². The van der Waals surface area contributed by atoms with Crippen LogP contribution in [-0.4, -0.2) is 76.0 Å². The molecule has 4 unspecified atom stereocenters. The maximum Gasteiger partial charge on any atom is 0.325 e. The third-order valence-electron chi connectivity index (χ3n) is 4.63. The molecule has 0 saturated carbocycles. The minimum absolute atomic E-state index is 0.0700. The Bertz CT molecular complexity index is 837. The quantitative estimate of drug-likeness (QED) is 0.200. The molecule has 0 aliphatic heterocycles. The van der Waals surface area contributed by atoms with Crippen LogP contribution in [0.4, 0.5) is 0 Å². The molecule has 3 amide bonds. The Morgan fingerprint density at radius 1 is 0.939 bits per heavy atom. The van der Waals surface area contributed by atoms with Crippen molar-refractivity contribution in [3.63, 3.8) is 0 Å². The number of amides is 3. The van der Waals surface area contributed by atoms with Crippen molar-refractivity contribution in [2.24, 2.45) is 5.73 Å². The van der Waals surface area contributed by atoms with Gasteiger partial charge in [0.25, 0.3) is 0 Å².